The summed E-state index contributed by atoms with van der Waals surface area (Å²) in [6.07, 6.45) is 0.784. The molecule has 1 amide bonds. The SMILES string of the molecule is O=C(CCl)N1CCc2cccc(O)c21. The molecular weight excluding hydrogens is 202 g/mol. The average Bonchev–Trinajstić information content (AvgIpc) is 2.62. The van der Waals surface area contributed by atoms with Crippen LogP contribution in [-0.2, 0) is 11.2 Å². The number of alkyl halides is 1. The zero-order valence-electron chi connectivity index (χ0n) is 7.53. The third-order valence-electron chi connectivity index (χ3n) is 2.39. The van der Waals surface area contributed by atoms with E-state index in [0.717, 1.165) is 12.0 Å². The minimum atomic E-state index is -0.160. The van der Waals surface area contributed by atoms with Crippen molar-refractivity contribution in [3.05, 3.63) is 23.8 Å². The Morgan fingerprint density at radius 1 is 1.57 bits per heavy atom. The average molecular weight is 212 g/mol. The number of aromatic hydroxyl groups is 1. The molecule has 0 spiro atoms. The van der Waals surface area contributed by atoms with E-state index in [-0.39, 0.29) is 17.5 Å². The Kier molecular flexibility index (Phi) is 2.33. The molecule has 74 valence electrons. The fraction of sp³-hybridized carbons (Fsp3) is 0.300. The molecule has 1 aliphatic heterocycles. The minimum absolute atomic E-state index is 0.0478. The van der Waals surface area contributed by atoms with Crippen LogP contribution in [0.4, 0.5) is 5.69 Å². The highest BCUT2D eigenvalue weighted by atomic mass is 35.5. The summed E-state index contributed by atoms with van der Waals surface area (Å²) < 4.78 is 0. The second-order valence-electron chi connectivity index (χ2n) is 3.21. The molecule has 1 aromatic carbocycles. The van der Waals surface area contributed by atoms with Gasteiger partial charge in [0.25, 0.3) is 0 Å². The van der Waals surface area contributed by atoms with Crippen LogP contribution in [0.5, 0.6) is 5.75 Å². The number of anilines is 1. The van der Waals surface area contributed by atoms with E-state index in [0.29, 0.717) is 12.2 Å². The molecule has 1 heterocycles. The van der Waals surface area contributed by atoms with Gasteiger partial charge >= 0.3 is 0 Å². The van der Waals surface area contributed by atoms with Gasteiger partial charge in [-0.1, -0.05) is 12.1 Å². The van der Waals surface area contributed by atoms with Crippen molar-refractivity contribution in [2.24, 2.45) is 0 Å². The van der Waals surface area contributed by atoms with Crippen LogP contribution < -0.4 is 4.90 Å². The summed E-state index contributed by atoms with van der Waals surface area (Å²) in [7, 11) is 0. The summed E-state index contributed by atoms with van der Waals surface area (Å²) >= 11 is 5.48. The van der Waals surface area contributed by atoms with E-state index in [9.17, 15) is 9.90 Å². The van der Waals surface area contributed by atoms with Crippen LogP contribution in [0.3, 0.4) is 0 Å². The molecule has 0 fully saturated rings. The second-order valence-corrected chi connectivity index (χ2v) is 3.48. The maximum Gasteiger partial charge on any atom is 0.242 e. The molecule has 1 aliphatic rings. The van der Waals surface area contributed by atoms with Crippen LogP contribution in [0.2, 0.25) is 0 Å². The number of rotatable bonds is 1. The number of carbonyl (C=O) groups excluding carboxylic acids is 1. The molecule has 1 aromatic rings. The van der Waals surface area contributed by atoms with E-state index >= 15 is 0 Å². The number of nitrogens with zero attached hydrogens (tertiary/aromatic N) is 1. The molecule has 4 heteroatoms. The first-order chi connectivity index (χ1) is 6.74. The van der Waals surface area contributed by atoms with Crippen molar-refractivity contribution in [2.45, 2.75) is 6.42 Å². The van der Waals surface area contributed by atoms with Crippen molar-refractivity contribution < 1.29 is 9.90 Å². The van der Waals surface area contributed by atoms with Gasteiger partial charge in [-0.2, -0.15) is 0 Å². The van der Waals surface area contributed by atoms with Gasteiger partial charge in [0.2, 0.25) is 5.91 Å². The second kappa shape index (κ2) is 3.50. The fourth-order valence-corrected chi connectivity index (χ4v) is 1.90. The normalized spacial score (nSPS) is 14.2. The van der Waals surface area contributed by atoms with Gasteiger partial charge < -0.3 is 10.0 Å². The first-order valence-electron chi connectivity index (χ1n) is 4.41. The van der Waals surface area contributed by atoms with Crippen LogP contribution in [0.15, 0.2) is 18.2 Å². The highest BCUT2D eigenvalue weighted by Crippen LogP contribution is 2.36. The van der Waals surface area contributed by atoms with Crippen molar-refractivity contribution >= 4 is 23.2 Å². The third-order valence-corrected chi connectivity index (χ3v) is 2.62. The number of benzene rings is 1. The van der Waals surface area contributed by atoms with E-state index in [2.05, 4.69) is 0 Å². The molecule has 0 unspecified atom stereocenters. The summed E-state index contributed by atoms with van der Waals surface area (Å²) in [4.78, 5) is 13.0. The standard InChI is InChI=1S/C10H10ClNO2/c11-6-9(14)12-5-4-7-2-1-3-8(13)10(7)12/h1-3,13H,4-6H2. The number of halogens is 1. The predicted molar refractivity (Wildman–Crippen MR) is 54.9 cm³/mol. The van der Waals surface area contributed by atoms with Gasteiger partial charge in [0.05, 0.1) is 5.69 Å². The van der Waals surface area contributed by atoms with Crippen molar-refractivity contribution in [3.8, 4) is 5.75 Å². The van der Waals surface area contributed by atoms with Crippen LogP contribution in [-0.4, -0.2) is 23.4 Å². The molecule has 0 bridgehead atoms. The van der Waals surface area contributed by atoms with Gasteiger partial charge in [-0.05, 0) is 18.1 Å². The summed E-state index contributed by atoms with van der Waals surface area (Å²) in [5, 5.41) is 9.61. The Hall–Kier alpha value is -1.22. The van der Waals surface area contributed by atoms with Gasteiger partial charge in [-0.3, -0.25) is 4.79 Å². The molecule has 0 aliphatic carbocycles. The lowest BCUT2D eigenvalue weighted by Gasteiger charge is -2.16. The smallest absolute Gasteiger partial charge is 0.242 e. The third kappa shape index (κ3) is 1.34. The van der Waals surface area contributed by atoms with Gasteiger partial charge in [0.15, 0.2) is 0 Å². The van der Waals surface area contributed by atoms with Crippen LogP contribution >= 0.6 is 11.6 Å². The van der Waals surface area contributed by atoms with Crippen molar-refractivity contribution in [1.29, 1.82) is 0 Å². The zero-order chi connectivity index (χ0) is 10.1. The Morgan fingerprint density at radius 3 is 3.07 bits per heavy atom. The van der Waals surface area contributed by atoms with E-state index in [1.54, 1.807) is 12.1 Å². The molecule has 0 saturated carbocycles. The van der Waals surface area contributed by atoms with Gasteiger partial charge in [-0.15, -0.1) is 11.6 Å². The lowest BCUT2D eigenvalue weighted by Crippen LogP contribution is -2.29. The molecule has 0 atom stereocenters. The van der Waals surface area contributed by atoms with Crippen molar-refractivity contribution in [2.75, 3.05) is 17.3 Å². The van der Waals surface area contributed by atoms with Gasteiger partial charge in [0, 0.05) is 6.54 Å². The molecule has 0 aromatic heterocycles. The first kappa shape index (κ1) is 9.34. The summed E-state index contributed by atoms with van der Waals surface area (Å²) in [5.41, 5.74) is 1.63. The monoisotopic (exact) mass is 211 g/mol. The van der Waals surface area contributed by atoms with Crippen LogP contribution in [0.1, 0.15) is 5.56 Å². The largest absolute Gasteiger partial charge is 0.506 e. The summed E-state index contributed by atoms with van der Waals surface area (Å²) in [6, 6.07) is 5.28. The number of fused-ring (bicyclic) bond motifs is 1. The Labute approximate surface area is 86.9 Å². The summed E-state index contributed by atoms with van der Waals surface area (Å²) in [6.45, 7) is 0.610. The Balaban J connectivity index is 2.43. The lowest BCUT2D eigenvalue weighted by atomic mass is 10.1. The Morgan fingerprint density at radius 2 is 2.36 bits per heavy atom. The minimum Gasteiger partial charge on any atom is -0.506 e. The molecule has 0 saturated heterocycles. The fourth-order valence-electron chi connectivity index (χ4n) is 1.76. The summed E-state index contributed by atoms with van der Waals surface area (Å²) in [5.74, 6) is -0.0567. The van der Waals surface area contributed by atoms with E-state index in [4.69, 9.17) is 11.6 Å². The molecule has 2 rings (SSSR count). The number of amides is 1. The number of carbonyl (C=O) groups is 1. The maximum atomic E-state index is 11.4. The van der Waals surface area contributed by atoms with E-state index < -0.39 is 0 Å². The number of para-hydroxylation sites is 1. The maximum absolute atomic E-state index is 11.4. The first-order valence-corrected chi connectivity index (χ1v) is 4.94. The quantitative estimate of drug-likeness (QED) is 0.716. The number of hydrogen-bond acceptors (Lipinski definition) is 2. The molecule has 3 nitrogen and oxygen atoms in total. The van der Waals surface area contributed by atoms with E-state index in [1.165, 1.54) is 4.90 Å². The molecular formula is C10H10ClNO2. The lowest BCUT2D eigenvalue weighted by molar-refractivity contribution is -0.116. The van der Waals surface area contributed by atoms with Crippen molar-refractivity contribution in [3.63, 3.8) is 0 Å². The Bertz CT molecular complexity index is 378. The predicted octanol–water partition coefficient (Wildman–Crippen LogP) is 1.52. The highest BCUT2D eigenvalue weighted by molar-refractivity contribution is 6.29. The van der Waals surface area contributed by atoms with Crippen molar-refractivity contribution in [1.82, 2.24) is 0 Å². The van der Waals surface area contributed by atoms with Gasteiger partial charge in [0.1, 0.15) is 11.6 Å². The number of phenols is 1. The highest BCUT2D eigenvalue weighted by Gasteiger charge is 2.26. The molecule has 0 radical (unpaired) electrons. The van der Waals surface area contributed by atoms with E-state index in [1.807, 2.05) is 6.07 Å². The van der Waals surface area contributed by atoms with Gasteiger partial charge in [-0.25, -0.2) is 0 Å². The molecule has 1 N–H and O–H groups in total. The number of hydrogen-bond donors (Lipinski definition) is 1. The topological polar surface area (TPSA) is 40.5 Å². The molecule has 14 heavy (non-hydrogen) atoms. The number of phenolic OH excluding ortho intramolecular Hbond substituents is 1. The zero-order valence-corrected chi connectivity index (χ0v) is 8.29. The van der Waals surface area contributed by atoms with Crippen LogP contribution in [0.25, 0.3) is 0 Å². The van der Waals surface area contributed by atoms with Crippen LogP contribution in [0, 0.1) is 0 Å².